The van der Waals surface area contributed by atoms with Crippen LogP contribution in [-0.2, 0) is 21.5 Å². The fourth-order valence-electron chi connectivity index (χ4n) is 6.31. The Balaban J connectivity index is 1.19. The van der Waals surface area contributed by atoms with Crippen LogP contribution in [0.2, 0.25) is 0 Å². The Morgan fingerprint density at radius 1 is 1.11 bits per heavy atom. The zero-order valence-corrected chi connectivity index (χ0v) is 21.2. The number of nitrogens with one attached hydrogen (secondary N) is 1. The van der Waals surface area contributed by atoms with Crippen LogP contribution in [0.1, 0.15) is 52.0 Å². The summed E-state index contributed by atoms with van der Waals surface area (Å²) in [6.45, 7) is 10.8. The molecule has 4 saturated heterocycles. The largest absolute Gasteiger partial charge is 0.369 e. The highest BCUT2D eigenvalue weighted by atomic mass is 16.2. The van der Waals surface area contributed by atoms with Gasteiger partial charge >= 0.3 is 0 Å². The molecule has 1 unspecified atom stereocenters. The molecule has 2 bridgehead atoms. The van der Waals surface area contributed by atoms with Gasteiger partial charge in [0.15, 0.2) is 0 Å². The van der Waals surface area contributed by atoms with E-state index in [1.165, 1.54) is 10.5 Å². The molecule has 3 N–H and O–H groups in total. The number of carbonyl (C=O) groups is 2. The molecule has 4 fully saturated rings. The maximum atomic E-state index is 13.3. The third kappa shape index (κ3) is 4.99. The van der Waals surface area contributed by atoms with Gasteiger partial charge in [0, 0.05) is 37.4 Å². The number of fused-ring (bicyclic) bond motifs is 3. The van der Waals surface area contributed by atoms with Crippen LogP contribution < -0.4 is 10.6 Å². The number of rotatable bonds is 5. The van der Waals surface area contributed by atoms with Gasteiger partial charge in [0.25, 0.3) is 0 Å². The first-order chi connectivity index (χ1) is 16.7. The van der Waals surface area contributed by atoms with Crippen molar-refractivity contribution in [2.75, 3.05) is 26.2 Å². The number of benzene rings is 1. The van der Waals surface area contributed by atoms with E-state index in [4.69, 9.17) is 5.73 Å². The Bertz CT molecular complexity index is 1060. The van der Waals surface area contributed by atoms with Crippen molar-refractivity contribution in [1.29, 1.82) is 0 Å². The molecule has 0 saturated carbocycles. The topological polar surface area (TPSA) is 98.6 Å². The van der Waals surface area contributed by atoms with E-state index in [9.17, 15) is 9.59 Å². The lowest BCUT2D eigenvalue weighted by atomic mass is 9.74. The maximum absolute atomic E-state index is 13.3. The highest BCUT2D eigenvalue weighted by molar-refractivity contribution is 5.80. The molecule has 8 heteroatoms. The van der Waals surface area contributed by atoms with Gasteiger partial charge in [-0.3, -0.25) is 9.59 Å². The second-order valence-corrected chi connectivity index (χ2v) is 11.9. The highest BCUT2D eigenvalue weighted by Crippen LogP contribution is 2.31. The summed E-state index contributed by atoms with van der Waals surface area (Å²) >= 11 is 0. The summed E-state index contributed by atoms with van der Waals surface area (Å²) in [6.07, 6.45) is 5.62. The lowest BCUT2D eigenvalue weighted by Gasteiger charge is -2.47. The molecule has 1 aromatic heterocycles. The minimum Gasteiger partial charge on any atom is -0.369 e. The number of aromatic nitrogens is 3. The predicted octanol–water partition coefficient (Wildman–Crippen LogP) is 1.26. The molecule has 35 heavy (non-hydrogen) atoms. The quantitative estimate of drug-likeness (QED) is 0.675. The molecular weight excluding hydrogens is 440 g/mol. The monoisotopic (exact) mass is 479 g/mol. The summed E-state index contributed by atoms with van der Waals surface area (Å²) in [5, 5.41) is 8.87. The van der Waals surface area contributed by atoms with Gasteiger partial charge < -0.3 is 15.5 Å². The van der Waals surface area contributed by atoms with Crippen molar-refractivity contribution in [2.45, 2.75) is 64.5 Å². The van der Waals surface area contributed by atoms with E-state index in [2.05, 4.69) is 61.5 Å². The van der Waals surface area contributed by atoms with Gasteiger partial charge in [-0.25, -0.2) is 4.68 Å². The first-order valence-corrected chi connectivity index (χ1v) is 13.1. The molecule has 0 radical (unpaired) electrons. The van der Waals surface area contributed by atoms with E-state index in [0.717, 1.165) is 43.7 Å². The number of amides is 2. The van der Waals surface area contributed by atoms with Gasteiger partial charge in [0.1, 0.15) is 11.7 Å². The number of hydrogen-bond donors (Lipinski definition) is 2. The molecule has 0 spiro atoms. The molecular formula is C27H39N6O2+. The number of carbonyl (C=O) groups excluding carboxylic acids is 2. The zero-order valence-electron chi connectivity index (χ0n) is 21.2. The van der Waals surface area contributed by atoms with E-state index in [1.54, 1.807) is 0 Å². The minimum atomic E-state index is -0.231. The van der Waals surface area contributed by atoms with Crippen molar-refractivity contribution in [3.63, 3.8) is 0 Å². The average Bonchev–Trinajstić information content (AvgIpc) is 3.32. The number of nitrogens with two attached hydrogens (primary N) is 1. The van der Waals surface area contributed by atoms with Crippen molar-refractivity contribution in [1.82, 2.24) is 19.9 Å². The van der Waals surface area contributed by atoms with Gasteiger partial charge in [-0.15, -0.1) is 5.10 Å². The first kappa shape index (κ1) is 24.0. The molecule has 4 aliphatic rings. The standard InChI is InChI=1S/C27H38N6O2/c1-27(2,3)21-6-4-18(5-7-21)24-17-33(30-29-24)15-22-14-20-10-13-32(22)16-23(20)26(35)31-11-8-19(9-12-31)25(28)34/h4-7,17,19-20,22-23H,8-16H2,1-3H3,(H2,28,34)/p+1/t20-,22+,23-/m0/s1. The van der Waals surface area contributed by atoms with Crippen LogP contribution in [0.5, 0.6) is 0 Å². The van der Waals surface area contributed by atoms with Crippen molar-refractivity contribution < 1.29 is 14.5 Å². The van der Waals surface area contributed by atoms with Crippen LogP contribution in [-0.4, -0.2) is 63.9 Å². The Morgan fingerprint density at radius 3 is 2.43 bits per heavy atom. The normalized spacial score (nSPS) is 27.2. The lowest BCUT2D eigenvalue weighted by Crippen LogP contribution is -3.20. The Morgan fingerprint density at radius 2 is 1.83 bits per heavy atom. The van der Waals surface area contributed by atoms with Crippen LogP contribution in [0.4, 0.5) is 0 Å². The Kier molecular flexibility index (Phi) is 6.42. The van der Waals surface area contributed by atoms with E-state index >= 15 is 0 Å². The lowest BCUT2D eigenvalue weighted by molar-refractivity contribution is -0.945. The summed E-state index contributed by atoms with van der Waals surface area (Å²) in [5.41, 5.74) is 8.90. The molecule has 4 atom stereocenters. The second-order valence-electron chi connectivity index (χ2n) is 11.9. The molecule has 2 aromatic rings. The smallest absolute Gasteiger partial charge is 0.231 e. The number of likely N-dealkylation sites (tertiary alicyclic amines) is 1. The SMILES string of the molecule is CC(C)(C)c1ccc(-c2cn(C[C@H]3C[C@@H]4CC[NH+]3C[C@@H]4C(=O)N3CCC(C(N)=O)CC3)nn2)cc1. The molecule has 0 aliphatic carbocycles. The third-order valence-corrected chi connectivity index (χ3v) is 8.57. The molecule has 1 aromatic carbocycles. The number of hydrogen-bond acceptors (Lipinski definition) is 4. The number of piperidine rings is 4. The highest BCUT2D eigenvalue weighted by Gasteiger charge is 2.48. The van der Waals surface area contributed by atoms with Crippen molar-refractivity contribution in [3.8, 4) is 11.3 Å². The van der Waals surface area contributed by atoms with Crippen LogP contribution in [0, 0.1) is 17.8 Å². The molecule has 5 heterocycles. The summed E-state index contributed by atoms with van der Waals surface area (Å²) in [5.74, 6) is 0.518. The van der Waals surface area contributed by atoms with E-state index < -0.39 is 0 Å². The van der Waals surface area contributed by atoms with Crippen molar-refractivity contribution >= 4 is 11.8 Å². The number of nitrogens with zero attached hydrogens (tertiary/aromatic N) is 4. The van der Waals surface area contributed by atoms with Crippen LogP contribution >= 0.6 is 0 Å². The fourth-order valence-corrected chi connectivity index (χ4v) is 6.31. The average molecular weight is 480 g/mol. The van der Waals surface area contributed by atoms with Crippen molar-refractivity contribution in [3.05, 3.63) is 36.0 Å². The summed E-state index contributed by atoms with van der Waals surface area (Å²) in [7, 11) is 0. The molecule has 2 amide bonds. The molecule has 188 valence electrons. The molecule has 4 aliphatic heterocycles. The van der Waals surface area contributed by atoms with Gasteiger partial charge in [0.2, 0.25) is 11.8 Å². The molecule has 6 rings (SSSR count). The molecule has 8 nitrogen and oxygen atoms in total. The van der Waals surface area contributed by atoms with Crippen LogP contribution in [0.15, 0.2) is 30.5 Å². The third-order valence-electron chi connectivity index (χ3n) is 8.57. The number of primary amides is 1. The van der Waals surface area contributed by atoms with Gasteiger partial charge in [-0.2, -0.15) is 0 Å². The van der Waals surface area contributed by atoms with Gasteiger partial charge in [0.05, 0.1) is 31.7 Å². The van der Waals surface area contributed by atoms with E-state index in [0.29, 0.717) is 37.9 Å². The van der Waals surface area contributed by atoms with Crippen LogP contribution in [0.25, 0.3) is 11.3 Å². The van der Waals surface area contributed by atoms with E-state index in [1.807, 2.05) is 9.58 Å². The Labute approximate surface area is 207 Å². The fraction of sp³-hybridized carbons (Fsp3) is 0.630. The summed E-state index contributed by atoms with van der Waals surface area (Å²) in [4.78, 5) is 28.3. The predicted molar refractivity (Wildman–Crippen MR) is 133 cm³/mol. The van der Waals surface area contributed by atoms with Gasteiger partial charge in [-0.1, -0.05) is 50.3 Å². The minimum absolute atomic E-state index is 0.0791. The summed E-state index contributed by atoms with van der Waals surface area (Å²) in [6, 6.07) is 9.09. The van der Waals surface area contributed by atoms with E-state index in [-0.39, 0.29) is 29.1 Å². The number of quaternary nitrogens is 1. The second kappa shape index (κ2) is 9.37. The van der Waals surface area contributed by atoms with Crippen molar-refractivity contribution in [2.24, 2.45) is 23.5 Å². The first-order valence-electron chi connectivity index (χ1n) is 13.1. The van der Waals surface area contributed by atoms with Gasteiger partial charge in [-0.05, 0) is 29.7 Å². The van der Waals surface area contributed by atoms with Crippen LogP contribution in [0.3, 0.4) is 0 Å². The maximum Gasteiger partial charge on any atom is 0.231 e. The Hall–Kier alpha value is -2.74. The zero-order chi connectivity index (χ0) is 24.7. The summed E-state index contributed by atoms with van der Waals surface area (Å²) < 4.78 is 1.98.